The Balaban J connectivity index is 2.11. The Bertz CT molecular complexity index is 643. The normalized spacial score (nSPS) is 10.6. The molecule has 0 saturated heterocycles. The quantitative estimate of drug-likeness (QED) is 0.695. The van der Waals surface area contributed by atoms with Crippen molar-refractivity contribution in [3.63, 3.8) is 0 Å². The van der Waals surface area contributed by atoms with Gasteiger partial charge in [-0.05, 0) is 44.9 Å². The van der Waals surface area contributed by atoms with Crippen LogP contribution in [0.15, 0.2) is 12.1 Å². The van der Waals surface area contributed by atoms with E-state index in [1.54, 1.807) is 17.4 Å². The third-order valence-corrected chi connectivity index (χ3v) is 4.28. The van der Waals surface area contributed by atoms with Gasteiger partial charge in [-0.15, -0.1) is 11.3 Å². The number of ether oxygens (including phenoxy) is 1. The van der Waals surface area contributed by atoms with Crippen LogP contribution in [0, 0.1) is 27.7 Å². The fourth-order valence-electron chi connectivity index (χ4n) is 1.89. The zero-order valence-corrected chi connectivity index (χ0v) is 12.9. The molecule has 0 bridgehead atoms. The van der Waals surface area contributed by atoms with Gasteiger partial charge in [0.25, 0.3) is 0 Å². The van der Waals surface area contributed by atoms with E-state index in [1.165, 1.54) is 0 Å². The van der Waals surface area contributed by atoms with Crippen LogP contribution in [0.4, 0.5) is 5.69 Å². The van der Waals surface area contributed by atoms with Gasteiger partial charge in [-0.1, -0.05) is 6.07 Å². The number of nitrogens with zero attached hydrogens (tertiary/aromatic N) is 1. The van der Waals surface area contributed by atoms with Gasteiger partial charge in [0.15, 0.2) is 0 Å². The van der Waals surface area contributed by atoms with Gasteiger partial charge in [-0.3, -0.25) is 0 Å². The van der Waals surface area contributed by atoms with Crippen molar-refractivity contribution in [3.05, 3.63) is 44.4 Å². The van der Waals surface area contributed by atoms with Crippen LogP contribution in [0.25, 0.3) is 0 Å². The van der Waals surface area contributed by atoms with Crippen LogP contribution in [-0.2, 0) is 11.3 Å². The Morgan fingerprint density at radius 2 is 1.95 bits per heavy atom. The first-order valence-electron chi connectivity index (χ1n) is 6.35. The third kappa shape index (κ3) is 2.99. The Labute approximate surface area is 122 Å². The Morgan fingerprint density at radius 1 is 1.25 bits per heavy atom. The molecule has 1 aromatic carbocycles. The molecule has 0 aliphatic carbocycles. The lowest BCUT2D eigenvalue weighted by Crippen LogP contribution is -2.08. The van der Waals surface area contributed by atoms with E-state index in [-0.39, 0.29) is 12.6 Å². The van der Waals surface area contributed by atoms with E-state index in [1.807, 2.05) is 33.8 Å². The molecule has 2 aromatic rings. The molecule has 0 saturated carbocycles. The molecular formula is C15H18N2O2S. The highest BCUT2D eigenvalue weighted by Crippen LogP contribution is 2.21. The summed E-state index contributed by atoms with van der Waals surface area (Å²) in [5.74, 6) is -0.361. The van der Waals surface area contributed by atoms with Crippen molar-refractivity contribution in [2.75, 3.05) is 5.73 Å². The molecule has 0 spiro atoms. The summed E-state index contributed by atoms with van der Waals surface area (Å²) in [6.07, 6.45) is 0. The standard InChI is InChI=1S/C15H18N2O2S/c1-8-5-9(2)13(16)6-12(8)15(18)19-7-14-17-10(3)11(4)20-14/h5-6H,7,16H2,1-4H3. The lowest BCUT2D eigenvalue weighted by molar-refractivity contribution is 0.0471. The van der Waals surface area contributed by atoms with E-state index >= 15 is 0 Å². The molecule has 106 valence electrons. The molecule has 0 radical (unpaired) electrons. The highest BCUT2D eigenvalue weighted by atomic mass is 32.1. The van der Waals surface area contributed by atoms with E-state index in [0.29, 0.717) is 11.3 Å². The Hall–Kier alpha value is -1.88. The Morgan fingerprint density at radius 3 is 2.55 bits per heavy atom. The second-order valence-corrected chi connectivity index (χ2v) is 6.14. The number of anilines is 1. The van der Waals surface area contributed by atoms with Crippen molar-refractivity contribution in [1.29, 1.82) is 0 Å². The monoisotopic (exact) mass is 290 g/mol. The number of thiazole rings is 1. The number of benzene rings is 1. The minimum atomic E-state index is -0.361. The highest BCUT2D eigenvalue weighted by Gasteiger charge is 2.14. The van der Waals surface area contributed by atoms with Crippen LogP contribution >= 0.6 is 11.3 Å². The predicted molar refractivity (Wildman–Crippen MR) is 81.0 cm³/mol. The van der Waals surface area contributed by atoms with Crippen molar-refractivity contribution >= 4 is 23.0 Å². The maximum atomic E-state index is 12.1. The summed E-state index contributed by atoms with van der Waals surface area (Å²) in [4.78, 5) is 17.6. The molecule has 0 fully saturated rings. The number of rotatable bonds is 3. The topological polar surface area (TPSA) is 65.2 Å². The number of aromatic nitrogens is 1. The van der Waals surface area contributed by atoms with Crippen LogP contribution in [-0.4, -0.2) is 11.0 Å². The molecule has 0 unspecified atom stereocenters. The van der Waals surface area contributed by atoms with E-state index in [0.717, 1.165) is 26.7 Å². The fourth-order valence-corrected chi connectivity index (χ4v) is 2.74. The summed E-state index contributed by atoms with van der Waals surface area (Å²) < 4.78 is 5.31. The van der Waals surface area contributed by atoms with Crippen molar-refractivity contribution in [3.8, 4) is 0 Å². The predicted octanol–water partition coefficient (Wildman–Crippen LogP) is 3.32. The summed E-state index contributed by atoms with van der Waals surface area (Å²) in [6, 6.07) is 3.56. The SMILES string of the molecule is Cc1cc(C)c(C(=O)OCc2nc(C)c(C)s2)cc1N. The summed E-state index contributed by atoms with van der Waals surface area (Å²) in [5, 5.41) is 0.811. The zero-order chi connectivity index (χ0) is 14.9. The summed E-state index contributed by atoms with van der Waals surface area (Å²) in [5.41, 5.74) is 9.77. The van der Waals surface area contributed by atoms with Crippen LogP contribution in [0.1, 0.15) is 37.1 Å². The van der Waals surface area contributed by atoms with Gasteiger partial charge >= 0.3 is 5.97 Å². The molecule has 0 aliphatic heterocycles. The molecule has 1 aromatic heterocycles. The molecule has 2 rings (SSSR count). The first-order chi connectivity index (χ1) is 9.38. The third-order valence-electron chi connectivity index (χ3n) is 3.23. The lowest BCUT2D eigenvalue weighted by atomic mass is 10.0. The number of aryl methyl sites for hydroxylation is 4. The molecule has 20 heavy (non-hydrogen) atoms. The molecule has 0 aliphatic rings. The van der Waals surface area contributed by atoms with E-state index < -0.39 is 0 Å². The number of hydrogen-bond acceptors (Lipinski definition) is 5. The van der Waals surface area contributed by atoms with Gasteiger partial charge in [-0.2, -0.15) is 0 Å². The van der Waals surface area contributed by atoms with E-state index in [9.17, 15) is 4.79 Å². The zero-order valence-electron chi connectivity index (χ0n) is 12.1. The second kappa shape index (κ2) is 5.63. The van der Waals surface area contributed by atoms with Crippen molar-refractivity contribution in [2.45, 2.75) is 34.3 Å². The van der Waals surface area contributed by atoms with E-state index in [2.05, 4.69) is 4.98 Å². The fraction of sp³-hybridized carbons (Fsp3) is 0.333. The van der Waals surface area contributed by atoms with Crippen LogP contribution in [0.2, 0.25) is 0 Å². The van der Waals surface area contributed by atoms with Crippen LogP contribution in [0.5, 0.6) is 0 Å². The number of carbonyl (C=O) groups excluding carboxylic acids is 1. The number of nitrogens with two attached hydrogens (primary N) is 1. The van der Waals surface area contributed by atoms with Crippen molar-refractivity contribution < 1.29 is 9.53 Å². The molecule has 1 heterocycles. The largest absolute Gasteiger partial charge is 0.455 e. The van der Waals surface area contributed by atoms with Gasteiger partial charge in [0.05, 0.1) is 11.3 Å². The molecule has 0 amide bonds. The summed E-state index contributed by atoms with van der Waals surface area (Å²) in [6.45, 7) is 7.94. The minimum Gasteiger partial charge on any atom is -0.455 e. The minimum absolute atomic E-state index is 0.200. The van der Waals surface area contributed by atoms with Crippen LogP contribution in [0.3, 0.4) is 0 Å². The number of nitrogen functional groups attached to an aromatic ring is 1. The van der Waals surface area contributed by atoms with Gasteiger partial charge in [0.2, 0.25) is 0 Å². The first-order valence-corrected chi connectivity index (χ1v) is 7.17. The number of hydrogen-bond donors (Lipinski definition) is 1. The Kier molecular flexibility index (Phi) is 4.09. The lowest BCUT2D eigenvalue weighted by Gasteiger charge is -2.09. The second-order valence-electron chi connectivity index (χ2n) is 4.85. The number of carbonyl (C=O) groups is 1. The average molecular weight is 290 g/mol. The van der Waals surface area contributed by atoms with Crippen molar-refractivity contribution in [1.82, 2.24) is 4.98 Å². The highest BCUT2D eigenvalue weighted by molar-refractivity contribution is 7.11. The molecule has 5 heteroatoms. The first kappa shape index (κ1) is 14.5. The number of esters is 1. The van der Waals surface area contributed by atoms with Gasteiger partial charge < -0.3 is 10.5 Å². The summed E-state index contributed by atoms with van der Waals surface area (Å²) in [7, 11) is 0. The van der Waals surface area contributed by atoms with E-state index in [4.69, 9.17) is 10.5 Å². The van der Waals surface area contributed by atoms with Crippen LogP contribution < -0.4 is 5.73 Å². The molecule has 0 atom stereocenters. The van der Waals surface area contributed by atoms with Gasteiger partial charge in [0.1, 0.15) is 11.6 Å². The average Bonchev–Trinajstić information content (AvgIpc) is 2.70. The maximum absolute atomic E-state index is 12.1. The van der Waals surface area contributed by atoms with Crippen molar-refractivity contribution in [2.24, 2.45) is 0 Å². The molecule has 4 nitrogen and oxygen atoms in total. The maximum Gasteiger partial charge on any atom is 0.338 e. The van der Waals surface area contributed by atoms with Gasteiger partial charge in [-0.25, -0.2) is 9.78 Å². The van der Waals surface area contributed by atoms with Gasteiger partial charge in [0, 0.05) is 10.6 Å². The smallest absolute Gasteiger partial charge is 0.338 e. The summed E-state index contributed by atoms with van der Waals surface area (Å²) >= 11 is 1.55. The molecular weight excluding hydrogens is 272 g/mol. The molecule has 2 N–H and O–H groups in total.